The minimum Gasteiger partial charge on any atom is -0.302 e. The maximum absolute atomic E-state index is 8.07. The van der Waals surface area contributed by atoms with E-state index in [9.17, 15) is 0 Å². The fourth-order valence-corrected chi connectivity index (χ4v) is 0.798. The summed E-state index contributed by atoms with van der Waals surface area (Å²) >= 11 is 0. The van der Waals surface area contributed by atoms with Crippen LogP contribution in [-0.2, 0) is 0 Å². The van der Waals surface area contributed by atoms with Crippen LogP contribution in [0.5, 0.6) is 0 Å². The molecule has 4 nitrogen and oxygen atoms in total. The van der Waals surface area contributed by atoms with E-state index in [1.165, 1.54) is 0 Å². The van der Waals surface area contributed by atoms with Crippen molar-refractivity contribution in [2.45, 2.75) is 24.9 Å². The fourth-order valence-electron chi connectivity index (χ4n) is 0.798. The minimum atomic E-state index is 0.171. The predicted molar refractivity (Wildman–Crippen MR) is 44.0 cm³/mol. The van der Waals surface area contributed by atoms with E-state index in [-0.39, 0.29) is 12.1 Å². The van der Waals surface area contributed by atoms with Gasteiger partial charge < -0.3 is 10.6 Å². The standard InChI is InChI=1S/2C4H6N2/c2*5-3-4-1-2-6-4/h2*4,6H,1-2H2/t2*4-/m11/s1. The first-order chi connectivity index (χ1) is 5.86. The van der Waals surface area contributed by atoms with Gasteiger partial charge in [-0.3, -0.25) is 0 Å². The van der Waals surface area contributed by atoms with Crippen molar-refractivity contribution in [3.05, 3.63) is 0 Å². The highest BCUT2D eigenvalue weighted by molar-refractivity contribution is 4.96. The Bertz CT molecular complexity index is 180. The smallest absolute Gasteiger partial charge is 0.0965 e. The van der Waals surface area contributed by atoms with E-state index >= 15 is 0 Å². The molecule has 0 unspecified atom stereocenters. The zero-order valence-corrected chi connectivity index (χ0v) is 6.88. The Morgan fingerprint density at radius 2 is 1.25 bits per heavy atom. The Balaban J connectivity index is 0.000000120. The molecule has 2 atom stereocenters. The molecule has 4 heteroatoms. The summed E-state index contributed by atoms with van der Waals surface area (Å²) in [5.74, 6) is 0. The molecule has 64 valence electrons. The highest BCUT2D eigenvalue weighted by Gasteiger charge is 2.13. The van der Waals surface area contributed by atoms with Gasteiger partial charge in [-0.05, 0) is 25.9 Å². The maximum Gasteiger partial charge on any atom is 0.0965 e. The third-order valence-electron chi connectivity index (χ3n) is 1.96. The molecule has 2 saturated heterocycles. The van der Waals surface area contributed by atoms with Crippen molar-refractivity contribution in [1.82, 2.24) is 10.6 Å². The number of hydrogen-bond donors (Lipinski definition) is 2. The third-order valence-corrected chi connectivity index (χ3v) is 1.96. The van der Waals surface area contributed by atoms with E-state index in [2.05, 4.69) is 22.8 Å². The van der Waals surface area contributed by atoms with Crippen molar-refractivity contribution < 1.29 is 0 Å². The van der Waals surface area contributed by atoms with Crippen LogP contribution in [0.3, 0.4) is 0 Å². The lowest BCUT2D eigenvalue weighted by atomic mass is 10.1. The van der Waals surface area contributed by atoms with E-state index in [0.717, 1.165) is 25.9 Å². The van der Waals surface area contributed by atoms with Crippen molar-refractivity contribution in [3.8, 4) is 12.1 Å². The molecule has 2 heterocycles. The highest BCUT2D eigenvalue weighted by atomic mass is 15.0. The predicted octanol–water partition coefficient (Wildman–Crippen LogP) is -0.256. The number of nitrogens with one attached hydrogen (secondary N) is 2. The fraction of sp³-hybridized carbons (Fsp3) is 0.750. The minimum absolute atomic E-state index is 0.171. The van der Waals surface area contributed by atoms with Crippen LogP contribution in [0.1, 0.15) is 12.8 Å². The average Bonchev–Trinajstić information content (AvgIpc) is 1.83. The van der Waals surface area contributed by atoms with Gasteiger partial charge in [0.25, 0.3) is 0 Å². The normalized spacial score (nSPS) is 30.8. The first-order valence-electron chi connectivity index (χ1n) is 4.13. The molecule has 2 fully saturated rings. The Labute approximate surface area is 72.2 Å². The van der Waals surface area contributed by atoms with E-state index in [4.69, 9.17) is 10.5 Å². The van der Waals surface area contributed by atoms with Gasteiger partial charge >= 0.3 is 0 Å². The molecule has 2 aliphatic heterocycles. The number of rotatable bonds is 0. The monoisotopic (exact) mass is 164 g/mol. The van der Waals surface area contributed by atoms with E-state index < -0.39 is 0 Å². The van der Waals surface area contributed by atoms with E-state index in [0.29, 0.717) is 0 Å². The SMILES string of the molecule is N#C[C@H]1CCN1.N#C[C@H]1CCN1. The van der Waals surface area contributed by atoms with Crippen LogP contribution < -0.4 is 10.6 Å². The molecular formula is C8H12N4. The Morgan fingerprint density at radius 3 is 1.25 bits per heavy atom. The molecule has 0 amide bonds. The molecule has 2 aliphatic rings. The Morgan fingerprint density at radius 1 is 0.917 bits per heavy atom. The summed E-state index contributed by atoms with van der Waals surface area (Å²) in [7, 11) is 0. The number of nitriles is 2. The Kier molecular flexibility index (Phi) is 3.53. The van der Waals surface area contributed by atoms with Crippen LogP contribution in [0.25, 0.3) is 0 Å². The maximum atomic E-state index is 8.07. The van der Waals surface area contributed by atoms with Crippen LogP contribution in [0.15, 0.2) is 0 Å². The van der Waals surface area contributed by atoms with Crippen LogP contribution in [-0.4, -0.2) is 25.2 Å². The Hall–Kier alpha value is -1.10. The highest BCUT2D eigenvalue weighted by Crippen LogP contribution is 1.97. The third kappa shape index (κ3) is 2.50. The summed E-state index contributed by atoms with van der Waals surface area (Å²) in [5.41, 5.74) is 0. The second kappa shape index (κ2) is 4.71. The molecule has 0 aromatic heterocycles. The molecule has 0 aromatic carbocycles. The molecule has 0 aliphatic carbocycles. The van der Waals surface area contributed by atoms with Gasteiger partial charge in [0.05, 0.1) is 24.2 Å². The molecule has 0 saturated carbocycles. The van der Waals surface area contributed by atoms with Gasteiger partial charge in [0.15, 0.2) is 0 Å². The van der Waals surface area contributed by atoms with Crippen LogP contribution in [0, 0.1) is 22.7 Å². The second-order valence-corrected chi connectivity index (χ2v) is 2.85. The van der Waals surface area contributed by atoms with Gasteiger partial charge in [-0.1, -0.05) is 0 Å². The molecule has 12 heavy (non-hydrogen) atoms. The number of hydrogen-bond acceptors (Lipinski definition) is 4. The average molecular weight is 164 g/mol. The van der Waals surface area contributed by atoms with Gasteiger partial charge in [0.1, 0.15) is 0 Å². The van der Waals surface area contributed by atoms with Gasteiger partial charge in [0.2, 0.25) is 0 Å². The van der Waals surface area contributed by atoms with Crippen molar-refractivity contribution in [2.24, 2.45) is 0 Å². The lowest BCUT2D eigenvalue weighted by molar-refractivity contribution is 0.445. The molecule has 2 rings (SSSR count). The second-order valence-electron chi connectivity index (χ2n) is 2.85. The van der Waals surface area contributed by atoms with Crippen molar-refractivity contribution in [1.29, 1.82) is 10.5 Å². The summed E-state index contributed by atoms with van der Waals surface area (Å²) in [5, 5.41) is 22.0. The summed E-state index contributed by atoms with van der Waals surface area (Å²) in [6.45, 7) is 2.05. The van der Waals surface area contributed by atoms with Crippen LogP contribution in [0.2, 0.25) is 0 Å². The largest absolute Gasteiger partial charge is 0.302 e. The van der Waals surface area contributed by atoms with Gasteiger partial charge in [-0.25, -0.2) is 0 Å². The van der Waals surface area contributed by atoms with Gasteiger partial charge in [-0.2, -0.15) is 10.5 Å². The molecule has 0 bridgehead atoms. The molecule has 2 N–H and O–H groups in total. The molecule has 0 aromatic rings. The lowest BCUT2D eigenvalue weighted by Gasteiger charge is -2.19. The molecule has 0 spiro atoms. The summed E-state index contributed by atoms with van der Waals surface area (Å²) in [6.07, 6.45) is 2.08. The molecular weight excluding hydrogens is 152 g/mol. The first-order valence-corrected chi connectivity index (χ1v) is 4.13. The summed E-state index contributed by atoms with van der Waals surface area (Å²) in [4.78, 5) is 0. The van der Waals surface area contributed by atoms with Crippen molar-refractivity contribution in [2.75, 3.05) is 13.1 Å². The van der Waals surface area contributed by atoms with Crippen molar-refractivity contribution >= 4 is 0 Å². The van der Waals surface area contributed by atoms with Crippen molar-refractivity contribution in [3.63, 3.8) is 0 Å². The zero-order valence-electron chi connectivity index (χ0n) is 6.88. The summed E-state index contributed by atoms with van der Waals surface area (Å²) in [6, 6.07) is 4.52. The van der Waals surface area contributed by atoms with E-state index in [1.54, 1.807) is 0 Å². The van der Waals surface area contributed by atoms with Crippen LogP contribution in [0.4, 0.5) is 0 Å². The lowest BCUT2D eigenvalue weighted by Crippen LogP contribution is -2.41. The van der Waals surface area contributed by atoms with Gasteiger partial charge in [-0.15, -0.1) is 0 Å². The zero-order chi connectivity index (χ0) is 8.81. The topological polar surface area (TPSA) is 71.6 Å². The van der Waals surface area contributed by atoms with E-state index in [1.807, 2.05) is 0 Å². The van der Waals surface area contributed by atoms with Crippen LogP contribution >= 0.6 is 0 Å². The summed E-state index contributed by atoms with van der Waals surface area (Å²) < 4.78 is 0. The first kappa shape index (κ1) is 8.99. The number of nitrogens with zero attached hydrogens (tertiary/aromatic N) is 2. The quantitative estimate of drug-likeness (QED) is 0.517. The molecule has 0 radical (unpaired) electrons. The van der Waals surface area contributed by atoms with Gasteiger partial charge in [0, 0.05) is 0 Å².